The van der Waals surface area contributed by atoms with E-state index in [4.69, 9.17) is 44.3 Å². The second kappa shape index (κ2) is 7.74. The third kappa shape index (κ3) is 3.92. The number of anilines is 1. The number of ether oxygens (including phenoxy) is 2. The third-order valence-electron chi connectivity index (χ3n) is 2.98. The molecule has 1 aromatic heterocycles. The highest BCUT2D eigenvalue weighted by molar-refractivity contribution is 6.41. The number of hydrogen-bond acceptors (Lipinski definition) is 5. The summed E-state index contributed by atoms with van der Waals surface area (Å²) < 4.78 is 11.1. The van der Waals surface area contributed by atoms with Gasteiger partial charge < -0.3 is 14.8 Å². The van der Waals surface area contributed by atoms with Crippen molar-refractivity contribution in [2.45, 2.75) is 6.54 Å². The highest BCUT2D eigenvalue weighted by Crippen LogP contribution is 2.35. The topological polar surface area (TPSA) is 82.5 Å². The second-order valence-corrected chi connectivity index (χ2v) is 5.70. The number of nitrogens with zero attached hydrogens (tertiary/aromatic N) is 2. The first-order valence-corrected chi connectivity index (χ1v) is 7.63. The van der Waals surface area contributed by atoms with Gasteiger partial charge >= 0.3 is 0 Å². The van der Waals surface area contributed by atoms with E-state index in [1.807, 2.05) is 0 Å². The van der Waals surface area contributed by atoms with Crippen LogP contribution in [0.15, 0.2) is 23.1 Å². The van der Waals surface area contributed by atoms with E-state index in [1.54, 1.807) is 0 Å². The number of methoxy groups -OCH3 is 2. The van der Waals surface area contributed by atoms with E-state index in [1.165, 1.54) is 32.5 Å². The number of nitrogens with one attached hydrogen (secondary N) is 1. The molecule has 0 bridgehead atoms. The van der Waals surface area contributed by atoms with Crippen molar-refractivity contribution in [3.8, 4) is 11.5 Å². The average molecular weight is 393 g/mol. The monoisotopic (exact) mass is 391 g/mol. The molecule has 1 aromatic carbocycles. The maximum atomic E-state index is 12.2. The number of halogens is 3. The van der Waals surface area contributed by atoms with E-state index in [0.29, 0.717) is 22.2 Å². The van der Waals surface area contributed by atoms with Crippen LogP contribution in [0, 0.1) is 0 Å². The standard InChI is InChI=1S/C14H12Cl3N3O4/c1-23-10-4-9(11(24-2)3-7(10)15)19-12(21)6-20-14(22)13(17)8(16)5-18-20/h3-5H,6H2,1-2H3,(H,19,21). The molecule has 10 heteroatoms. The summed E-state index contributed by atoms with van der Waals surface area (Å²) in [6.45, 7) is -0.357. The van der Waals surface area contributed by atoms with Gasteiger partial charge in [-0.2, -0.15) is 5.10 Å². The summed E-state index contributed by atoms with van der Waals surface area (Å²) in [6.07, 6.45) is 1.18. The molecule has 128 valence electrons. The molecule has 0 radical (unpaired) electrons. The smallest absolute Gasteiger partial charge is 0.287 e. The molecule has 0 saturated heterocycles. The first kappa shape index (κ1) is 18.4. The summed E-state index contributed by atoms with van der Waals surface area (Å²) in [4.78, 5) is 24.1. The van der Waals surface area contributed by atoms with Crippen molar-refractivity contribution in [2.75, 3.05) is 19.5 Å². The summed E-state index contributed by atoms with van der Waals surface area (Å²) >= 11 is 17.4. The van der Waals surface area contributed by atoms with Crippen LogP contribution in [-0.2, 0) is 11.3 Å². The van der Waals surface area contributed by atoms with Gasteiger partial charge in [-0.1, -0.05) is 34.8 Å². The number of carbonyl (C=O) groups is 1. The van der Waals surface area contributed by atoms with E-state index in [9.17, 15) is 9.59 Å². The highest BCUT2D eigenvalue weighted by Gasteiger charge is 2.15. The normalized spacial score (nSPS) is 10.4. The van der Waals surface area contributed by atoms with E-state index >= 15 is 0 Å². The van der Waals surface area contributed by atoms with Gasteiger partial charge in [0.05, 0.1) is 36.1 Å². The summed E-state index contributed by atoms with van der Waals surface area (Å²) in [5.74, 6) is 0.173. The van der Waals surface area contributed by atoms with Crippen LogP contribution in [0.2, 0.25) is 15.1 Å². The van der Waals surface area contributed by atoms with E-state index < -0.39 is 11.5 Å². The quantitative estimate of drug-likeness (QED) is 0.846. The van der Waals surface area contributed by atoms with Gasteiger partial charge in [-0.15, -0.1) is 0 Å². The zero-order valence-electron chi connectivity index (χ0n) is 12.6. The lowest BCUT2D eigenvalue weighted by Gasteiger charge is -2.13. The lowest BCUT2D eigenvalue weighted by atomic mass is 10.2. The number of carbonyl (C=O) groups excluding carboxylic acids is 1. The molecule has 2 aromatic rings. The number of benzene rings is 1. The molecule has 0 aliphatic rings. The Balaban J connectivity index is 2.24. The first-order valence-electron chi connectivity index (χ1n) is 6.49. The maximum Gasteiger partial charge on any atom is 0.287 e. The molecular formula is C14H12Cl3N3O4. The van der Waals surface area contributed by atoms with Crippen molar-refractivity contribution in [3.63, 3.8) is 0 Å². The molecule has 1 heterocycles. The van der Waals surface area contributed by atoms with Crippen molar-refractivity contribution in [2.24, 2.45) is 0 Å². The fraction of sp³-hybridized carbons (Fsp3) is 0.214. The fourth-order valence-corrected chi connectivity index (χ4v) is 2.34. The Labute approximate surface area is 152 Å². The highest BCUT2D eigenvalue weighted by atomic mass is 35.5. The molecule has 7 nitrogen and oxygen atoms in total. The molecular weight excluding hydrogens is 381 g/mol. The Morgan fingerprint density at radius 1 is 1.17 bits per heavy atom. The van der Waals surface area contributed by atoms with Crippen molar-refractivity contribution in [3.05, 3.63) is 43.8 Å². The molecule has 1 amide bonds. The maximum absolute atomic E-state index is 12.2. The lowest BCUT2D eigenvalue weighted by molar-refractivity contribution is -0.117. The van der Waals surface area contributed by atoms with Gasteiger partial charge in [0.25, 0.3) is 5.56 Å². The SMILES string of the molecule is COc1cc(NC(=O)Cn2ncc(Cl)c(Cl)c2=O)c(OC)cc1Cl. The predicted molar refractivity (Wildman–Crippen MR) is 91.7 cm³/mol. The largest absolute Gasteiger partial charge is 0.495 e. The number of hydrogen-bond donors (Lipinski definition) is 1. The van der Waals surface area contributed by atoms with Gasteiger partial charge in [-0.05, 0) is 0 Å². The minimum atomic E-state index is -0.667. The molecule has 24 heavy (non-hydrogen) atoms. The van der Waals surface area contributed by atoms with E-state index in [-0.39, 0.29) is 16.6 Å². The Kier molecular flexibility index (Phi) is 5.93. The number of rotatable bonds is 5. The van der Waals surface area contributed by atoms with Crippen LogP contribution in [0.3, 0.4) is 0 Å². The van der Waals surface area contributed by atoms with Gasteiger partial charge in [0.15, 0.2) is 0 Å². The second-order valence-electron chi connectivity index (χ2n) is 4.50. The van der Waals surface area contributed by atoms with Crippen LogP contribution in [0.4, 0.5) is 5.69 Å². The molecule has 0 spiro atoms. The third-order valence-corrected chi connectivity index (χ3v) is 4.03. The molecule has 0 fully saturated rings. The van der Waals surface area contributed by atoms with Gasteiger partial charge in [0, 0.05) is 12.1 Å². The van der Waals surface area contributed by atoms with Crippen molar-refractivity contribution in [1.29, 1.82) is 0 Å². The van der Waals surface area contributed by atoms with E-state index in [2.05, 4.69) is 10.4 Å². The Morgan fingerprint density at radius 3 is 2.46 bits per heavy atom. The van der Waals surface area contributed by atoms with Gasteiger partial charge in [-0.25, -0.2) is 4.68 Å². The average Bonchev–Trinajstić information content (AvgIpc) is 2.56. The zero-order valence-corrected chi connectivity index (χ0v) is 14.9. The summed E-state index contributed by atoms with van der Waals surface area (Å²) in [6, 6.07) is 3.00. The Bertz CT molecular complexity index is 839. The fourth-order valence-electron chi connectivity index (χ4n) is 1.84. The minimum Gasteiger partial charge on any atom is -0.495 e. The lowest BCUT2D eigenvalue weighted by Crippen LogP contribution is -2.30. The molecule has 0 aliphatic heterocycles. The van der Waals surface area contributed by atoms with Crippen molar-refractivity contribution >= 4 is 46.4 Å². The number of amides is 1. The Hall–Kier alpha value is -1.96. The van der Waals surface area contributed by atoms with Crippen molar-refractivity contribution in [1.82, 2.24) is 9.78 Å². The summed E-state index contributed by atoms with van der Waals surface area (Å²) in [5, 5.41) is 6.50. The summed E-state index contributed by atoms with van der Waals surface area (Å²) in [5.41, 5.74) is -0.336. The predicted octanol–water partition coefficient (Wildman–Crippen LogP) is 2.86. The molecule has 0 atom stereocenters. The van der Waals surface area contributed by atoms with Crippen molar-refractivity contribution < 1.29 is 14.3 Å². The van der Waals surface area contributed by atoms with Gasteiger partial charge in [0.2, 0.25) is 5.91 Å². The minimum absolute atomic E-state index is 0.0161. The first-order chi connectivity index (χ1) is 11.4. The van der Waals surface area contributed by atoms with Crippen LogP contribution in [0.1, 0.15) is 0 Å². The van der Waals surface area contributed by atoms with E-state index in [0.717, 1.165) is 4.68 Å². The van der Waals surface area contributed by atoms with Crippen LogP contribution >= 0.6 is 34.8 Å². The van der Waals surface area contributed by atoms with Crippen LogP contribution in [0.5, 0.6) is 11.5 Å². The van der Waals surface area contributed by atoms with Crippen LogP contribution in [0.25, 0.3) is 0 Å². The van der Waals surface area contributed by atoms with Crippen LogP contribution in [-0.4, -0.2) is 29.9 Å². The molecule has 0 saturated carbocycles. The summed E-state index contributed by atoms with van der Waals surface area (Å²) in [7, 11) is 2.87. The molecule has 0 aliphatic carbocycles. The Morgan fingerprint density at radius 2 is 1.83 bits per heavy atom. The molecule has 1 N–H and O–H groups in total. The van der Waals surface area contributed by atoms with Gasteiger partial charge in [0.1, 0.15) is 23.1 Å². The number of aromatic nitrogens is 2. The molecule has 2 rings (SSSR count). The van der Waals surface area contributed by atoms with Crippen LogP contribution < -0.4 is 20.3 Å². The zero-order chi connectivity index (χ0) is 17.9. The van der Waals surface area contributed by atoms with Gasteiger partial charge in [-0.3, -0.25) is 9.59 Å². The molecule has 0 unspecified atom stereocenters.